The minimum atomic E-state index is 0. The van der Waals surface area contributed by atoms with E-state index in [2.05, 4.69) is 15.2 Å². The Morgan fingerprint density at radius 3 is 2.88 bits per heavy atom. The molecule has 2 N–H and O–H groups in total. The highest BCUT2D eigenvalue weighted by Crippen LogP contribution is 2.32. The third-order valence-corrected chi connectivity index (χ3v) is 3.49. The SMILES string of the molecule is Cl.Cl.Oc1cncc(N2CC[C@H]3CNC[C@H]32)c1. The molecule has 3 rings (SSSR count). The van der Waals surface area contributed by atoms with E-state index in [4.69, 9.17) is 0 Å². The molecular weight excluding hydrogens is 261 g/mol. The molecule has 0 aromatic carbocycles. The number of pyridine rings is 1. The van der Waals surface area contributed by atoms with E-state index in [0.717, 1.165) is 31.2 Å². The molecule has 2 atom stereocenters. The summed E-state index contributed by atoms with van der Waals surface area (Å²) in [5.41, 5.74) is 1.05. The molecule has 0 amide bonds. The van der Waals surface area contributed by atoms with Gasteiger partial charge < -0.3 is 15.3 Å². The molecule has 2 aliphatic heterocycles. The van der Waals surface area contributed by atoms with Crippen molar-refractivity contribution in [1.82, 2.24) is 10.3 Å². The van der Waals surface area contributed by atoms with E-state index in [1.807, 2.05) is 6.20 Å². The fourth-order valence-corrected chi connectivity index (χ4v) is 2.74. The second-order valence-corrected chi connectivity index (χ2v) is 4.37. The molecule has 96 valence electrons. The van der Waals surface area contributed by atoms with Crippen LogP contribution in [0.4, 0.5) is 5.69 Å². The van der Waals surface area contributed by atoms with Crippen molar-refractivity contribution in [3.05, 3.63) is 18.5 Å². The van der Waals surface area contributed by atoms with Gasteiger partial charge in [-0.15, -0.1) is 24.8 Å². The molecular formula is C11H17Cl2N3O. The van der Waals surface area contributed by atoms with Crippen LogP contribution in [0, 0.1) is 5.92 Å². The highest BCUT2D eigenvalue weighted by molar-refractivity contribution is 5.85. The summed E-state index contributed by atoms with van der Waals surface area (Å²) >= 11 is 0. The van der Waals surface area contributed by atoms with Gasteiger partial charge >= 0.3 is 0 Å². The topological polar surface area (TPSA) is 48.4 Å². The van der Waals surface area contributed by atoms with Gasteiger partial charge in [-0.3, -0.25) is 4.98 Å². The molecule has 17 heavy (non-hydrogen) atoms. The van der Waals surface area contributed by atoms with E-state index in [1.165, 1.54) is 12.6 Å². The van der Waals surface area contributed by atoms with Crippen LogP contribution in [0.3, 0.4) is 0 Å². The zero-order valence-corrected chi connectivity index (χ0v) is 11.0. The van der Waals surface area contributed by atoms with E-state index in [0.29, 0.717) is 6.04 Å². The van der Waals surface area contributed by atoms with Crippen molar-refractivity contribution in [3.63, 3.8) is 0 Å². The number of rotatable bonds is 1. The molecule has 1 aromatic heterocycles. The molecule has 0 unspecified atom stereocenters. The van der Waals surface area contributed by atoms with Gasteiger partial charge in [-0.1, -0.05) is 0 Å². The lowest BCUT2D eigenvalue weighted by Gasteiger charge is -2.25. The lowest BCUT2D eigenvalue weighted by molar-refractivity contribution is 0.472. The number of anilines is 1. The molecule has 2 fully saturated rings. The Kier molecular flexibility index (Phi) is 4.86. The molecule has 0 radical (unpaired) electrons. The van der Waals surface area contributed by atoms with Gasteiger partial charge in [-0.05, 0) is 12.3 Å². The lowest BCUT2D eigenvalue weighted by Crippen LogP contribution is -2.34. The van der Waals surface area contributed by atoms with E-state index < -0.39 is 0 Å². The number of nitrogens with zero attached hydrogens (tertiary/aromatic N) is 2. The van der Waals surface area contributed by atoms with Crippen LogP contribution >= 0.6 is 24.8 Å². The number of aromatic nitrogens is 1. The molecule has 3 heterocycles. The Hall–Kier alpha value is -0.710. The highest BCUT2D eigenvalue weighted by Gasteiger charge is 2.37. The summed E-state index contributed by atoms with van der Waals surface area (Å²) in [5.74, 6) is 1.02. The molecule has 0 bridgehead atoms. The number of hydrogen-bond donors (Lipinski definition) is 2. The zero-order chi connectivity index (χ0) is 10.3. The lowest BCUT2D eigenvalue weighted by atomic mass is 10.1. The second kappa shape index (κ2) is 5.76. The Bertz CT molecular complexity index is 377. The highest BCUT2D eigenvalue weighted by atomic mass is 35.5. The summed E-state index contributed by atoms with van der Waals surface area (Å²) in [6, 6.07) is 2.39. The predicted octanol–water partition coefficient (Wildman–Crippen LogP) is 1.43. The minimum Gasteiger partial charge on any atom is -0.506 e. The van der Waals surface area contributed by atoms with Gasteiger partial charge in [0.05, 0.1) is 18.1 Å². The number of aromatic hydroxyl groups is 1. The smallest absolute Gasteiger partial charge is 0.135 e. The van der Waals surface area contributed by atoms with Gasteiger partial charge in [-0.25, -0.2) is 0 Å². The summed E-state index contributed by atoms with van der Waals surface area (Å²) in [4.78, 5) is 6.39. The molecule has 0 saturated carbocycles. The fourth-order valence-electron chi connectivity index (χ4n) is 2.74. The molecule has 1 aromatic rings. The Morgan fingerprint density at radius 2 is 2.12 bits per heavy atom. The van der Waals surface area contributed by atoms with Crippen LogP contribution in [-0.4, -0.2) is 35.8 Å². The summed E-state index contributed by atoms with van der Waals surface area (Å²) < 4.78 is 0. The largest absolute Gasteiger partial charge is 0.506 e. The van der Waals surface area contributed by atoms with Crippen molar-refractivity contribution in [2.24, 2.45) is 5.92 Å². The summed E-state index contributed by atoms with van der Waals surface area (Å²) in [6.45, 7) is 3.27. The molecule has 0 spiro atoms. The maximum absolute atomic E-state index is 9.41. The van der Waals surface area contributed by atoms with E-state index in [1.54, 1.807) is 6.07 Å². The van der Waals surface area contributed by atoms with Crippen molar-refractivity contribution in [2.45, 2.75) is 12.5 Å². The van der Waals surface area contributed by atoms with Crippen molar-refractivity contribution in [1.29, 1.82) is 0 Å². The summed E-state index contributed by atoms with van der Waals surface area (Å²) in [5, 5.41) is 12.8. The quantitative estimate of drug-likeness (QED) is 0.816. The van der Waals surface area contributed by atoms with Gasteiger partial charge in [-0.2, -0.15) is 0 Å². The van der Waals surface area contributed by atoms with Gasteiger partial charge in [0.25, 0.3) is 0 Å². The monoisotopic (exact) mass is 277 g/mol. The average molecular weight is 278 g/mol. The molecule has 2 aliphatic rings. The average Bonchev–Trinajstić information content (AvgIpc) is 2.77. The fraction of sp³-hybridized carbons (Fsp3) is 0.545. The predicted molar refractivity (Wildman–Crippen MR) is 72.5 cm³/mol. The zero-order valence-electron chi connectivity index (χ0n) is 9.37. The van der Waals surface area contributed by atoms with Gasteiger partial charge in [0.2, 0.25) is 0 Å². The standard InChI is InChI=1S/C11H15N3O.2ClH/c15-10-3-9(5-13-6-10)14-2-1-8-4-12-7-11(8)14;;/h3,5-6,8,11-12,15H,1-2,4,7H2;2*1H/t8-,11+;;/m0../s1. The van der Waals surface area contributed by atoms with Crippen LogP contribution in [0.25, 0.3) is 0 Å². The van der Waals surface area contributed by atoms with Crippen molar-refractivity contribution >= 4 is 30.5 Å². The maximum atomic E-state index is 9.41. The van der Waals surface area contributed by atoms with Crippen molar-refractivity contribution in [2.75, 3.05) is 24.5 Å². The van der Waals surface area contributed by atoms with Crippen LogP contribution in [0.5, 0.6) is 5.75 Å². The summed E-state index contributed by atoms with van der Waals surface area (Å²) in [7, 11) is 0. The minimum absolute atomic E-state index is 0. The Balaban J connectivity index is 0.000000722. The number of nitrogens with one attached hydrogen (secondary N) is 1. The first-order chi connectivity index (χ1) is 7.34. The van der Waals surface area contributed by atoms with Crippen molar-refractivity contribution < 1.29 is 5.11 Å². The van der Waals surface area contributed by atoms with Crippen LogP contribution in [0.2, 0.25) is 0 Å². The third-order valence-electron chi connectivity index (χ3n) is 3.49. The summed E-state index contributed by atoms with van der Waals surface area (Å²) in [6.07, 6.45) is 4.55. The van der Waals surface area contributed by atoms with Crippen LogP contribution in [0.15, 0.2) is 18.5 Å². The first-order valence-electron chi connectivity index (χ1n) is 5.46. The van der Waals surface area contributed by atoms with Crippen LogP contribution in [0.1, 0.15) is 6.42 Å². The van der Waals surface area contributed by atoms with Gasteiger partial charge in [0, 0.05) is 31.7 Å². The van der Waals surface area contributed by atoms with E-state index in [-0.39, 0.29) is 30.6 Å². The Morgan fingerprint density at radius 1 is 1.29 bits per heavy atom. The second-order valence-electron chi connectivity index (χ2n) is 4.37. The maximum Gasteiger partial charge on any atom is 0.135 e. The third kappa shape index (κ3) is 2.59. The number of fused-ring (bicyclic) bond motifs is 1. The first-order valence-corrected chi connectivity index (χ1v) is 5.46. The van der Waals surface area contributed by atoms with Crippen LogP contribution in [-0.2, 0) is 0 Å². The van der Waals surface area contributed by atoms with E-state index in [9.17, 15) is 5.11 Å². The van der Waals surface area contributed by atoms with Crippen molar-refractivity contribution in [3.8, 4) is 5.75 Å². The first kappa shape index (κ1) is 14.4. The Labute approximate surface area is 113 Å². The van der Waals surface area contributed by atoms with Gasteiger partial charge in [0.1, 0.15) is 5.75 Å². The number of hydrogen-bond acceptors (Lipinski definition) is 4. The van der Waals surface area contributed by atoms with E-state index >= 15 is 0 Å². The van der Waals surface area contributed by atoms with Gasteiger partial charge in [0.15, 0.2) is 0 Å². The molecule has 2 saturated heterocycles. The molecule has 6 heteroatoms. The molecule has 4 nitrogen and oxygen atoms in total. The normalized spacial score (nSPS) is 26.0. The van der Waals surface area contributed by atoms with Crippen LogP contribution < -0.4 is 10.2 Å². The number of halogens is 2. The molecule has 0 aliphatic carbocycles.